The van der Waals surface area contributed by atoms with Crippen LogP contribution in [0.2, 0.25) is 25.7 Å². The van der Waals surface area contributed by atoms with Crippen LogP contribution in [0.5, 0.6) is 0 Å². The van der Waals surface area contributed by atoms with E-state index in [4.69, 9.17) is 4.74 Å². The molecule has 9 nitrogen and oxygen atoms in total. The standard InChI is InChI=1S/C22H28FN8OSi/c1-33(2,3)12-11-32-17-29-9-6-19-21(26-15-27-22(19)29)18-13-28-30(14-18)20(5-7-24)31(23)10-4-8-25-16-31/h4,6,8-9,13-16,20H,5,10-12,17H2,1-3H3/q+1. The molecule has 172 valence electrons. The molecule has 2 unspecified atom stereocenters. The van der Waals surface area contributed by atoms with Crippen molar-refractivity contribution in [1.82, 2.24) is 24.3 Å². The van der Waals surface area contributed by atoms with E-state index in [1.165, 1.54) is 17.3 Å². The molecule has 0 radical (unpaired) electrons. The number of aromatic nitrogens is 5. The van der Waals surface area contributed by atoms with Crippen molar-refractivity contribution in [3.63, 3.8) is 0 Å². The van der Waals surface area contributed by atoms with E-state index in [9.17, 15) is 5.26 Å². The third-order valence-corrected chi connectivity index (χ3v) is 7.27. The van der Waals surface area contributed by atoms with Crippen molar-refractivity contribution in [3.05, 3.63) is 43.3 Å². The quantitative estimate of drug-likeness (QED) is 0.266. The van der Waals surface area contributed by atoms with Gasteiger partial charge in [0.15, 0.2) is 0 Å². The molecule has 4 heterocycles. The van der Waals surface area contributed by atoms with E-state index in [2.05, 4.69) is 45.8 Å². The Labute approximate surface area is 193 Å². The van der Waals surface area contributed by atoms with Gasteiger partial charge in [0.2, 0.25) is 12.5 Å². The number of halogens is 1. The van der Waals surface area contributed by atoms with Gasteiger partial charge in [0.1, 0.15) is 31.7 Å². The highest BCUT2D eigenvalue weighted by atomic mass is 28.3. The van der Waals surface area contributed by atoms with Gasteiger partial charge < -0.3 is 9.30 Å². The fourth-order valence-corrected chi connectivity index (χ4v) is 4.45. The maximum atomic E-state index is 15.5. The number of ether oxygens (including phenoxy) is 1. The minimum absolute atomic E-state index is 0.0538. The molecule has 11 heteroatoms. The van der Waals surface area contributed by atoms with E-state index in [0.29, 0.717) is 12.4 Å². The summed E-state index contributed by atoms with van der Waals surface area (Å²) in [6, 6.07) is 5.11. The minimum atomic E-state index is -1.15. The van der Waals surface area contributed by atoms with Gasteiger partial charge in [-0.3, -0.25) is 0 Å². The molecule has 0 bridgehead atoms. The molecule has 2 atom stereocenters. The summed E-state index contributed by atoms with van der Waals surface area (Å²) in [6.45, 7) is 8.20. The molecule has 3 aromatic heterocycles. The molecule has 3 aromatic rings. The molecule has 0 aliphatic carbocycles. The first-order chi connectivity index (χ1) is 15.8. The van der Waals surface area contributed by atoms with E-state index >= 15 is 4.48 Å². The molecule has 0 saturated heterocycles. The fourth-order valence-electron chi connectivity index (χ4n) is 3.69. The molecule has 0 aromatic carbocycles. The van der Waals surface area contributed by atoms with Crippen LogP contribution in [0.1, 0.15) is 12.6 Å². The van der Waals surface area contributed by atoms with Gasteiger partial charge in [-0.05, 0) is 18.2 Å². The first kappa shape index (κ1) is 23.0. The molecule has 1 aliphatic heterocycles. The lowest BCUT2D eigenvalue weighted by atomic mass is 10.2. The maximum Gasteiger partial charge on any atom is 0.238 e. The van der Waals surface area contributed by atoms with E-state index in [-0.39, 0.29) is 13.0 Å². The SMILES string of the molecule is C[Si](C)(C)CCOCn1ccc2c(-c3cnn(C(CC#N)[N+]4(F)C=NC=CC4)c3)ncnc21. The molecule has 1 aliphatic rings. The molecular weight excluding hydrogens is 439 g/mol. The lowest BCUT2D eigenvalue weighted by Gasteiger charge is -2.28. The second kappa shape index (κ2) is 9.34. The van der Waals surface area contributed by atoms with Crippen molar-refractivity contribution in [3.8, 4) is 17.3 Å². The Morgan fingerprint density at radius 1 is 1.33 bits per heavy atom. The van der Waals surface area contributed by atoms with Gasteiger partial charge in [-0.1, -0.05) is 24.3 Å². The average Bonchev–Trinajstić information content (AvgIpc) is 3.42. The van der Waals surface area contributed by atoms with Crippen molar-refractivity contribution < 1.29 is 13.9 Å². The molecule has 0 spiro atoms. The highest BCUT2D eigenvalue weighted by Gasteiger charge is 2.40. The summed E-state index contributed by atoms with van der Waals surface area (Å²) in [7, 11) is -1.15. The third-order valence-electron chi connectivity index (χ3n) is 5.57. The monoisotopic (exact) mass is 467 g/mol. The van der Waals surface area contributed by atoms with Gasteiger partial charge in [0.25, 0.3) is 0 Å². The summed E-state index contributed by atoms with van der Waals surface area (Å²) in [6.07, 6.45) is 10.3. The van der Waals surface area contributed by atoms with Crippen LogP contribution in [0.3, 0.4) is 0 Å². The summed E-state index contributed by atoms with van der Waals surface area (Å²) in [5.41, 5.74) is 2.18. The second-order valence-electron chi connectivity index (χ2n) is 9.31. The average molecular weight is 468 g/mol. The van der Waals surface area contributed by atoms with Gasteiger partial charge in [-0.25, -0.2) is 19.6 Å². The number of rotatable bonds is 9. The van der Waals surface area contributed by atoms with Crippen LogP contribution in [0.25, 0.3) is 22.3 Å². The van der Waals surface area contributed by atoms with Gasteiger partial charge in [0.05, 0.1) is 18.0 Å². The summed E-state index contributed by atoms with van der Waals surface area (Å²) in [4.78, 5) is 12.8. The van der Waals surface area contributed by atoms with Crippen LogP contribution in [0, 0.1) is 11.3 Å². The van der Waals surface area contributed by atoms with E-state index in [0.717, 1.165) is 29.2 Å². The zero-order chi connectivity index (χ0) is 23.5. The number of aliphatic imine (C=N–C) groups is 1. The summed E-state index contributed by atoms with van der Waals surface area (Å²) < 4.78 is 23.8. The first-order valence-electron chi connectivity index (χ1n) is 10.9. The number of fused-ring (bicyclic) bond motifs is 1. The van der Waals surface area contributed by atoms with Crippen LogP contribution < -0.4 is 0 Å². The molecule has 33 heavy (non-hydrogen) atoms. The van der Waals surface area contributed by atoms with E-state index in [1.807, 2.05) is 16.8 Å². The number of quaternary nitrogens is 1. The van der Waals surface area contributed by atoms with Crippen LogP contribution in [-0.2, 0) is 11.5 Å². The first-order valence-corrected chi connectivity index (χ1v) is 14.6. The largest absolute Gasteiger partial charge is 0.361 e. The van der Waals surface area contributed by atoms with Gasteiger partial charge in [-0.15, -0.1) is 0 Å². The minimum Gasteiger partial charge on any atom is -0.361 e. The van der Waals surface area contributed by atoms with Crippen molar-refractivity contribution in [2.45, 2.75) is 45.0 Å². The highest BCUT2D eigenvalue weighted by molar-refractivity contribution is 6.76. The molecule has 4 rings (SSSR count). The number of nitrogens with zero attached hydrogens (tertiary/aromatic N) is 8. The second-order valence-corrected chi connectivity index (χ2v) is 14.9. The molecule has 0 N–H and O–H groups in total. The lowest BCUT2D eigenvalue weighted by Crippen LogP contribution is -2.45. The van der Waals surface area contributed by atoms with Gasteiger partial charge in [-0.2, -0.15) is 10.4 Å². The Balaban J connectivity index is 1.58. The third kappa shape index (κ3) is 5.08. The zero-order valence-corrected chi connectivity index (χ0v) is 20.1. The predicted octanol–water partition coefficient (Wildman–Crippen LogP) is 4.28. The normalized spacial score (nSPS) is 19.1. The number of hydrogen-bond acceptors (Lipinski definition) is 6. The number of hydrogen-bond donors (Lipinski definition) is 0. The number of nitriles is 1. The lowest BCUT2D eigenvalue weighted by molar-refractivity contribution is -1.01. The fraction of sp³-hybridized carbons (Fsp3) is 0.409. The highest BCUT2D eigenvalue weighted by Crippen LogP contribution is 2.31. The zero-order valence-electron chi connectivity index (χ0n) is 19.1. The Bertz CT molecular complexity index is 1220. The summed E-state index contributed by atoms with van der Waals surface area (Å²) in [5.74, 6) is 0. The Kier molecular flexibility index (Phi) is 6.50. The van der Waals surface area contributed by atoms with Crippen LogP contribution >= 0.6 is 0 Å². The molecular formula is C22H28FN8OSi+. The summed E-state index contributed by atoms with van der Waals surface area (Å²) >= 11 is 0. The maximum absolute atomic E-state index is 15.5. The predicted molar refractivity (Wildman–Crippen MR) is 126 cm³/mol. The molecule has 0 amide bonds. The topological polar surface area (TPSA) is 93.9 Å². The molecule has 0 fully saturated rings. The van der Waals surface area contributed by atoms with Crippen LogP contribution in [0.4, 0.5) is 4.48 Å². The Hall–Kier alpha value is -3.20. The smallest absolute Gasteiger partial charge is 0.238 e. The van der Waals surface area contributed by atoms with Crippen molar-refractivity contribution in [2.24, 2.45) is 4.99 Å². The Morgan fingerprint density at radius 3 is 2.91 bits per heavy atom. The van der Waals surface area contributed by atoms with Gasteiger partial charge in [0, 0.05) is 48.7 Å². The molecule has 0 saturated carbocycles. The van der Waals surface area contributed by atoms with Crippen molar-refractivity contribution in [1.29, 1.82) is 5.26 Å². The van der Waals surface area contributed by atoms with Crippen LogP contribution in [-0.4, -0.2) is 56.6 Å². The van der Waals surface area contributed by atoms with Crippen molar-refractivity contribution >= 4 is 25.4 Å². The Morgan fingerprint density at radius 2 is 2.18 bits per heavy atom. The van der Waals surface area contributed by atoms with E-state index < -0.39 is 18.9 Å². The summed E-state index contributed by atoms with van der Waals surface area (Å²) in [5, 5.41) is 14.5. The van der Waals surface area contributed by atoms with Crippen molar-refractivity contribution in [2.75, 3.05) is 13.2 Å². The van der Waals surface area contributed by atoms with Crippen LogP contribution in [0.15, 0.2) is 48.3 Å². The van der Waals surface area contributed by atoms with E-state index in [1.54, 1.807) is 24.7 Å². The van der Waals surface area contributed by atoms with Gasteiger partial charge >= 0.3 is 0 Å².